The Kier molecular flexibility index (Phi) is 8.56. The number of anilines is 1. The maximum Gasteiger partial charge on any atom is 0.340 e. The quantitative estimate of drug-likeness (QED) is 0.561. The fourth-order valence-corrected chi connectivity index (χ4v) is 6.79. The second-order valence-electron chi connectivity index (χ2n) is 11.9. The van der Waals surface area contributed by atoms with E-state index in [4.69, 9.17) is 17.3 Å². The summed E-state index contributed by atoms with van der Waals surface area (Å²) in [4.78, 5) is 19.2. The van der Waals surface area contributed by atoms with Crippen LogP contribution in [0.3, 0.4) is 0 Å². The highest BCUT2D eigenvalue weighted by molar-refractivity contribution is 6.30. The zero-order valence-corrected chi connectivity index (χ0v) is 23.6. The van der Waals surface area contributed by atoms with Gasteiger partial charge < -0.3 is 15.5 Å². The monoisotopic (exact) mass is 536 g/mol. The second-order valence-corrected chi connectivity index (χ2v) is 12.4. The smallest absolute Gasteiger partial charge is 0.340 e. The zero-order chi connectivity index (χ0) is 26.7. The molecule has 2 fully saturated rings. The summed E-state index contributed by atoms with van der Waals surface area (Å²) in [6.45, 7) is 10.9. The first-order valence-electron chi connectivity index (χ1n) is 14.2. The second kappa shape index (κ2) is 11.9. The van der Waals surface area contributed by atoms with E-state index in [1.165, 1.54) is 36.2 Å². The number of nitrogens with two attached hydrogens (primary N) is 1. The molecular weight excluding hydrogens is 494 g/mol. The van der Waals surface area contributed by atoms with Gasteiger partial charge in [0, 0.05) is 62.6 Å². The maximum absolute atomic E-state index is 11.5. The fourth-order valence-electron chi connectivity index (χ4n) is 6.67. The topological polar surface area (TPSA) is 80.5 Å². The Morgan fingerprint density at radius 2 is 1.74 bits per heavy atom. The van der Waals surface area contributed by atoms with E-state index < -0.39 is 0 Å². The molecule has 0 bridgehead atoms. The number of carbonyl (C=O) groups excluding carboxylic acids is 1. The average molecular weight is 537 g/mol. The SMILES string of the molecule is CC1(CN2CCCC(N)C2)CCC(c2ccc(Cl)cc2)=C(CN2CCN(c3ccc(C([NH3+])=O)cc3)CC2)C1. The highest BCUT2D eigenvalue weighted by Gasteiger charge is 2.35. The minimum absolute atomic E-state index is 0.131. The van der Waals surface area contributed by atoms with Gasteiger partial charge in [0.2, 0.25) is 0 Å². The number of carbonyl (C=O) groups is 1. The van der Waals surface area contributed by atoms with Crippen LogP contribution in [0.4, 0.5) is 5.69 Å². The highest BCUT2D eigenvalue weighted by Crippen LogP contribution is 2.44. The normalized spacial score (nSPS) is 25.6. The molecule has 0 saturated carbocycles. The highest BCUT2D eigenvalue weighted by atomic mass is 35.5. The number of piperidine rings is 1. The largest absolute Gasteiger partial charge is 0.369 e. The van der Waals surface area contributed by atoms with Crippen LogP contribution < -0.4 is 16.4 Å². The van der Waals surface area contributed by atoms with E-state index in [0.29, 0.717) is 11.6 Å². The number of nitrogens with zero attached hydrogens (tertiary/aromatic N) is 3. The molecule has 2 heterocycles. The minimum Gasteiger partial charge on any atom is -0.369 e. The molecule has 5 N–H and O–H groups in total. The lowest BCUT2D eigenvalue weighted by Gasteiger charge is -2.44. The van der Waals surface area contributed by atoms with Crippen LogP contribution in [0.5, 0.6) is 0 Å². The average Bonchev–Trinajstić information content (AvgIpc) is 2.90. The van der Waals surface area contributed by atoms with E-state index in [-0.39, 0.29) is 11.3 Å². The van der Waals surface area contributed by atoms with E-state index in [9.17, 15) is 4.79 Å². The van der Waals surface area contributed by atoms with Gasteiger partial charge in [0.1, 0.15) is 0 Å². The fraction of sp³-hybridized carbons (Fsp3) is 0.516. The van der Waals surface area contributed by atoms with Gasteiger partial charge in [-0.2, -0.15) is 0 Å². The molecule has 0 radical (unpaired) electrons. The number of rotatable bonds is 7. The van der Waals surface area contributed by atoms with Crippen LogP contribution in [0, 0.1) is 5.41 Å². The molecule has 2 aliphatic heterocycles. The van der Waals surface area contributed by atoms with Crippen molar-refractivity contribution in [2.45, 2.75) is 45.1 Å². The summed E-state index contributed by atoms with van der Waals surface area (Å²) in [7, 11) is 0. The molecule has 38 heavy (non-hydrogen) atoms. The van der Waals surface area contributed by atoms with Gasteiger partial charge in [-0.05, 0) is 91.6 Å². The molecule has 0 aromatic heterocycles. The Hall–Kier alpha value is -2.22. The number of amides is 1. The number of benzene rings is 2. The third-order valence-corrected chi connectivity index (χ3v) is 8.98. The summed E-state index contributed by atoms with van der Waals surface area (Å²) >= 11 is 6.23. The van der Waals surface area contributed by atoms with Crippen LogP contribution in [-0.4, -0.2) is 74.1 Å². The van der Waals surface area contributed by atoms with Gasteiger partial charge in [-0.3, -0.25) is 10.6 Å². The number of hydrogen-bond donors (Lipinski definition) is 2. The number of quaternary nitrogens is 1. The van der Waals surface area contributed by atoms with Crippen LogP contribution in [0.15, 0.2) is 54.1 Å². The summed E-state index contributed by atoms with van der Waals surface area (Å²) in [5.74, 6) is -0.131. The third kappa shape index (κ3) is 6.67. The molecule has 0 spiro atoms. The Morgan fingerprint density at radius 1 is 1.03 bits per heavy atom. The van der Waals surface area contributed by atoms with Gasteiger partial charge in [0.05, 0.1) is 5.56 Å². The lowest BCUT2D eigenvalue weighted by atomic mass is 9.71. The van der Waals surface area contributed by atoms with Crippen molar-refractivity contribution in [3.63, 3.8) is 0 Å². The van der Waals surface area contributed by atoms with E-state index in [2.05, 4.69) is 39.5 Å². The Morgan fingerprint density at radius 3 is 2.39 bits per heavy atom. The van der Waals surface area contributed by atoms with E-state index in [0.717, 1.165) is 70.1 Å². The zero-order valence-electron chi connectivity index (χ0n) is 22.8. The van der Waals surface area contributed by atoms with Crippen molar-refractivity contribution in [1.82, 2.24) is 9.80 Å². The molecule has 5 rings (SSSR count). The van der Waals surface area contributed by atoms with Crippen molar-refractivity contribution in [2.75, 3.05) is 57.3 Å². The van der Waals surface area contributed by atoms with Crippen molar-refractivity contribution >= 4 is 28.8 Å². The number of piperazine rings is 1. The van der Waals surface area contributed by atoms with Gasteiger partial charge >= 0.3 is 5.91 Å². The van der Waals surface area contributed by atoms with Crippen molar-refractivity contribution in [3.05, 3.63) is 70.3 Å². The molecule has 6 nitrogen and oxygen atoms in total. The predicted molar refractivity (Wildman–Crippen MR) is 156 cm³/mol. The molecule has 2 saturated heterocycles. The van der Waals surface area contributed by atoms with E-state index >= 15 is 0 Å². The minimum atomic E-state index is -0.131. The molecule has 2 atom stereocenters. The van der Waals surface area contributed by atoms with Gasteiger partial charge in [0.15, 0.2) is 0 Å². The van der Waals surface area contributed by atoms with Crippen molar-refractivity contribution in [3.8, 4) is 0 Å². The van der Waals surface area contributed by atoms with Crippen molar-refractivity contribution in [2.24, 2.45) is 11.1 Å². The van der Waals surface area contributed by atoms with Crippen LogP contribution in [0.2, 0.25) is 5.02 Å². The number of likely N-dealkylation sites (tertiary alicyclic amines) is 1. The Bertz CT molecular complexity index is 1140. The van der Waals surface area contributed by atoms with E-state index in [1.54, 1.807) is 5.57 Å². The first-order valence-corrected chi connectivity index (χ1v) is 14.5. The standard InChI is InChI=1S/C31H42ClN5O/c1-31(22-36-14-2-3-27(33)21-36)13-12-29(23-4-8-26(32)9-5-23)25(19-31)20-35-15-17-37(18-16-35)28-10-6-24(7-11-28)30(34)38/h4-11,27H,2-3,12-22,33H2,1H3,(H2,34,38)/p+1. The number of allylic oxidation sites excluding steroid dienone is 1. The van der Waals surface area contributed by atoms with Gasteiger partial charge in [-0.15, -0.1) is 0 Å². The molecular formula is C31H43ClN5O+. The lowest BCUT2D eigenvalue weighted by molar-refractivity contribution is -0.255. The van der Waals surface area contributed by atoms with Gasteiger partial charge in [-0.1, -0.05) is 36.2 Å². The van der Waals surface area contributed by atoms with Crippen LogP contribution in [0.1, 0.15) is 54.9 Å². The van der Waals surface area contributed by atoms with Crippen molar-refractivity contribution < 1.29 is 10.5 Å². The summed E-state index contributed by atoms with van der Waals surface area (Å²) in [5.41, 5.74) is 16.4. The summed E-state index contributed by atoms with van der Waals surface area (Å²) in [6, 6.07) is 16.6. The summed E-state index contributed by atoms with van der Waals surface area (Å²) < 4.78 is 0. The first-order chi connectivity index (χ1) is 18.3. The summed E-state index contributed by atoms with van der Waals surface area (Å²) in [5, 5.41) is 0.793. The molecule has 2 aromatic rings. The van der Waals surface area contributed by atoms with Gasteiger partial charge in [0.25, 0.3) is 0 Å². The Labute approximate surface area is 232 Å². The van der Waals surface area contributed by atoms with E-state index in [1.807, 2.05) is 36.4 Å². The number of halogens is 1. The summed E-state index contributed by atoms with van der Waals surface area (Å²) in [6.07, 6.45) is 5.83. The molecule has 1 amide bonds. The molecule has 2 aromatic carbocycles. The van der Waals surface area contributed by atoms with Crippen molar-refractivity contribution in [1.29, 1.82) is 0 Å². The molecule has 3 aliphatic rings. The first kappa shape index (κ1) is 27.4. The van der Waals surface area contributed by atoms with Crippen LogP contribution in [0.25, 0.3) is 5.57 Å². The molecule has 7 heteroatoms. The lowest BCUT2D eigenvalue weighted by Crippen LogP contribution is -2.56. The van der Waals surface area contributed by atoms with Gasteiger partial charge in [-0.25, -0.2) is 4.79 Å². The Balaban J connectivity index is 1.29. The maximum atomic E-state index is 11.5. The third-order valence-electron chi connectivity index (χ3n) is 8.73. The van der Waals surface area contributed by atoms with Crippen LogP contribution >= 0.6 is 11.6 Å². The molecule has 204 valence electrons. The van der Waals surface area contributed by atoms with Crippen LogP contribution in [-0.2, 0) is 0 Å². The number of hydrogen-bond acceptors (Lipinski definition) is 5. The molecule has 2 unspecified atom stereocenters. The predicted octanol–water partition coefficient (Wildman–Crippen LogP) is 3.91. The molecule has 1 aliphatic carbocycles.